The highest BCUT2D eigenvalue weighted by Gasteiger charge is 2.17. The van der Waals surface area contributed by atoms with E-state index in [2.05, 4.69) is 44.6 Å². The minimum absolute atomic E-state index is 0.0757. The highest BCUT2D eigenvalue weighted by Crippen LogP contribution is 2.43. The summed E-state index contributed by atoms with van der Waals surface area (Å²) in [7, 11) is 7.98. The van der Waals surface area contributed by atoms with Crippen molar-refractivity contribution in [1.82, 2.24) is 9.13 Å². The Morgan fingerprint density at radius 1 is 0.481 bits per heavy atom. The van der Waals surface area contributed by atoms with E-state index in [1.54, 1.807) is 0 Å². The normalized spacial score (nSPS) is 20.3. The van der Waals surface area contributed by atoms with E-state index >= 15 is 0 Å². The Morgan fingerprint density at radius 3 is 1.28 bits per heavy atom. The Morgan fingerprint density at radius 2 is 0.870 bits per heavy atom. The van der Waals surface area contributed by atoms with Crippen molar-refractivity contribution in [3.05, 3.63) is 0 Å². The highest BCUT2D eigenvalue weighted by atomic mass is 33.7. The molecule has 2 fully saturated rings. The average molecular weight is 870 g/mol. The fraction of sp³-hybridized carbons (Fsp3) is 1.00. The summed E-state index contributed by atoms with van der Waals surface area (Å²) in [5.74, 6) is 2.53. The van der Waals surface area contributed by atoms with Gasteiger partial charge in [-0.2, -0.15) is 0 Å². The Labute approximate surface area is 356 Å². The van der Waals surface area contributed by atoms with Crippen LogP contribution in [-0.4, -0.2) is 105 Å². The minimum Gasteiger partial charge on any atom is -0.355 e. The van der Waals surface area contributed by atoms with Crippen molar-refractivity contribution < 1.29 is 18.9 Å². The number of hydrogen-bond donors (Lipinski definition) is 0. The first-order chi connectivity index (χ1) is 26.8. The average Bonchev–Trinajstić information content (AvgIpc) is 3.16. The summed E-state index contributed by atoms with van der Waals surface area (Å²) in [6.07, 6.45) is 35.4. The zero-order chi connectivity index (χ0) is 38.3. The molecule has 0 aromatic heterocycles. The molecular weight excluding hydrogens is 781 g/mol. The van der Waals surface area contributed by atoms with Crippen LogP contribution in [0.2, 0.25) is 12.1 Å². The molecule has 0 saturated carbocycles. The minimum atomic E-state index is -0.0757. The third-order valence-corrected chi connectivity index (χ3v) is 21.9. The molecule has 322 valence electrons. The lowest BCUT2D eigenvalue weighted by Crippen LogP contribution is -2.34. The van der Waals surface area contributed by atoms with Crippen molar-refractivity contribution in [2.75, 3.05) is 64.5 Å². The molecule has 0 aromatic carbocycles. The number of hydrogen-bond acceptors (Lipinski definition) is 10. The van der Waals surface area contributed by atoms with Crippen LogP contribution in [0.5, 0.6) is 0 Å². The first kappa shape index (κ1) is 51.7. The number of nitrogens with zero attached hydrogens (tertiary/aromatic N) is 2. The molecule has 0 radical (unpaired) electrons. The highest BCUT2D eigenvalue weighted by molar-refractivity contribution is 9.26. The molecule has 2 heterocycles. The van der Waals surface area contributed by atoms with Crippen molar-refractivity contribution in [3.8, 4) is 0 Å². The summed E-state index contributed by atoms with van der Waals surface area (Å²) in [4.78, 5) is 0. The molecule has 2 rings (SSSR count). The van der Waals surface area contributed by atoms with Crippen LogP contribution in [0.1, 0.15) is 181 Å². The molecule has 0 amide bonds. The predicted octanol–water partition coefficient (Wildman–Crippen LogP) is 12.2. The second-order valence-corrected chi connectivity index (χ2v) is 26.4. The second kappa shape index (κ2) is 41.3. The van der Waals surface area contributed by atoms with Gasteiger partial charge in [-0.25, -0.2) is 0 Å². The van der Waals surface area contributed by atoms with Crippen molar-refractivity contribution in [1.29, 1.82) is 0 Å². The van der Waals surface area contributed by atoms with Crippen LogP contribution in [0, 0.1) is 0 Å². The van der Waals surface area contributed by atoms with E-state index in [0.717, 1.165) is 13.2 Å². The summed E-state index contributed by atoms with van der Waals surface area (Å²) in [6.45, 7) is 12.3. The van der Waals surface area contributed by atoms with Gasteiger partial charge >= 0.3 is 0 Å². The third-order valence-electron chi connectivity index (χ3n) is 11.1. The SMILES string of the molecule is CCCCCCCCCCCOCOC1CCC[SiH2]N(CCCSSSSCCCN2CCC(OCOCCCCCCCCCCC)CCC[SiH2]2)CC1. The van der Waals surface area contributed by atoms with Gasteiger partial charge in [0.2, 0.25) is 0 Å². The van der Waals surface area contributed by atoms with E-state index < -0.39 is 0 Å². The van der Waals surface area contributed by atoms with Gasteiger partial charge in [-0.05, 0) is 109 Å². The summed E-state index contributed by atoms with van der Waals surface area (Å²) in [6, 6.07) is 2.88. The maximum Gasteiger partial charge on any atom is 0.147 e. The molecule has 2 aliphatic heterocycles. The van der Waals surface area contributed by atoms with Gasteiger partial charge in [0.15, 0.2) is 0 Å². The van der Waals surface area contributed by atoms with Gasteiger partial charge in [0.05, 0.1) is 31.6 Å². The molecule has 6 nitrogen and oxygen atoms in total. The van der Waals surface area contributed by atoms with Gasteiger partial charge in [0, 0.05) is 24.7 Å². The number of ether oxygens (including phenoxy) is 4. The molecular formula is C42H88N2O4S4Si2. The Kier molecular flexibility index (Phi) is 39.6. The third kappa shape index (κ3) is 33.4. The summed E-state index contributed by atoms with van der Waals surface area (Å²) in [5, 5.41) is 0. The van der Waals surface area contributed by atoms with Crippen LogP contribution in [0.25, 0.3) is 0 Å². The number of rotatable bonds is 37. The van der Waals surface area contributed by atoms with E-state index in [-0.39, 0.29) is 19.4 Å². The van der Waals surface area contributed by atoms with Crippen LogP contribution >= 0.6 is 41.2 Å². The van der Waals surface area contributed by atoms with E-state index in [1.807, 2.05) is 19.7 Å². The molecule has 0 spiro atoms. The van der Waals surface area contributed by atoms with E-state index in [1.165, 1.54) is 217 Å². The predicted molar refractivity (Wildman–Crippen MR) is 253 cm³/mol. The smallest absolute Gasteiger partial charge is 0.147 e. The zero-order valence-corrected chi connectivity index (χ0v) is 41.7. The van der Waals surface area contributed by atoms with E-state index in [0.29, 0.717) is 25.8 Å². The van der Waals surface area contributed by atoms with Crippen molar-refractivity contribution in [2.24, 2.45) is 0 Å². The van der Waals surface area contributed by atoms with Crippen molar-refractivity contribution in [2.45, 2.75) is 205 Å². The molecule has 2 aliphatic rings. The zero-order valence-electron chi connectivity index (χ0n) is 35.6. The fourth-order valence-corrected chi connectivity index (χ4v) is 17.3. The van der Waals surface area contributed by atoms with Gasteiger partial charge in [-0.15, -0.1) is 0 Å². The maximum absolute atomic E-state index is 6.18. The van der Waals surface area contributed by atoms with Gasteiger partial charge in [0.25, 0.3) is 0 Å². The molecule has 2 unspecified atom stereocenters. The van der Waals surface area contributed by atoms with Crippen LogP contribution in [-0.2, 0) is 18.9 Å². The maximum atomic E-state index is 6.18. The molecule has 12 heteroatoms. The monoisotopic (exact) mass is 869 g/mol. The first-order valence-electron chi connectivity index (χ1n) is 23.2. The Hall–Kier alpha value is 1.59. The number of unbranched alkanes of at least 4 members (excludes halogenated alkanes) is 16. The first-order valence-corrected chi connectivity index (χ1v) is 31.6. The molecule has 0 bridgehead atoms. The molecule has 54 heavy (non-hydrogen) atoms. The van der Waals surface area contributed by atoms with Gasteiger partial charge in [0.1, 0.15) is 13.6 Å². The lowest BCUT2D eigenvalue weighted by atomic mass is 10.1. The van der Waals surface area contributed by atoms with Crippen LogP contribution < -0.4 is 0 Å². The Bertz CT molecular complexity index is 713. The molecule has 2 saturated heterocycles. The van der Waals surface area contributed by atoms with Crippen LogP contribution in [0.15, 0.2) is 0 Å². The largest absolute Gasteiger partial charge is 0.355 e. The summed E-state index contributed by atoms with van der Waals surface area (Å²) < 4.78 is 29.7. The van der Waals surface area contributed by atoms with Crippen LogP contribution in [0.3, 0.4) is 0 Å². The lowest BCUT2D eigenvalue weighted by molar-refractivity contribution is -0.0956. The van der Waals surface area contributed by atoms with Crippen molar-refractivity contribution in [3.63, 3.8) is 0 Å². The Balaban J connectivity index is 1.35. The van der Waals surface area contributed by atoms with Crippen molar-refractivity contribution >= 4 is 60.6 Å². The summed E-state index contributed by atoms with van der Waals surface area (Å²) in [5.41, 5.74) is 0. The molecule has 0 aliphatic carbocycles. The quantitative estimate of drug-likeness (QED) is 0.0261. The van der Waals surface area contributed by atoms with Gasteiger partial charge in [-0.1, -0.05) is 151 Å². The second-order valence-electron chi connectivity index (χ2n) is 16.0. The van der Waals surface area contributed by atoms with E-state index in [9.17, 15) is 0 Å². The van der Waals surface area contributed by atoms with E-state index in [4.69, 9.17) is 18.9 Å². The fourth-order valence-electron chi connectivity index (χ4n) is 7.60. The topological polar surface area (TPSA) is 43.4 Å². The van der Waals surface area contributed by atoms with Gasteiger partial charge in [-0.3, -0.25) is 0 Å². The molecule has 2 atom stereocenters. The standard InChI is InChI=1S/C42H88N2O4S4Si2/c1-3-5-7-9-11-13-15-17-19-33-45-39-47-41-25-21-37-53-43(31-27-41)29-23-35-49-51-52-50-36-24-30-44-32-28-42(26-22-38-54-44)48-40-46-34-20-18-16-14-12-10-8-6-4-2/h41-42H,3-40,53-54H2,1-2H3. The van der Waals surface area contributed by atoms with Crippen LogP contribution in [0.4, 0.5) is 0 Å². The summed E-state index contributed by atoms with van der Waals surface area (Å²) >= 11 is 0. The molecule has 0 aromatic rings. The lowest BCUT2D eigenvalue weighted by Gasteiger charge is -2.28. The van der Waals surface area contributed by atoms with Gasteiger partial charge < -0.3 is 28.1 Å². The molecule has 0 N–H and O–H groups in total.